The Morgan fingerprint density at radius 1 is 0.941 bits per heavy atom. The number of hydrogen-bond acceptors (Lipinski definition) is 3. The van der Waals surface area contributed by atoms with Crippen LogP contribution in [0.4, 0.5) is 11.5 Å². The van der Waals surface area contributed by atoms with E-state index in [4.69, 9.17) is 11.5 Å². The van der Waals surface area contributed by atoms with Crippen LogP contribution in [0.2, 0.25) is 0 Å². The van der Waals surface area contributed by atoms with Crippen molar-refractivity contribution < 1.29 is 0 Å². The van der Waals surface area contributed by atoms with Crippen LogP contribution in [0.3, 0.4) is 0 Å². The first-order valence-corrected chi connectivity index (χ1v) is 5.33. The molecule has 4 N–H and O–H groups in total. The van der Waals surface area contributed by atoms with Gasteiger partial charge in [0.2, 0.25) is 0 Å². The van der Waals surface area contributed by atoms with E-state index in [1.54, 1.807) is 0 Å². The van der Waals surface area contributed by atoms with Gasteiger partial charge in [0.1, 0.15) is 11.5 Å². The molecule has 3 rings (SSSR count). The molecule has 17 heavy (non-hydrogen) atoms. The van der Waals surface area contributed by atoms with E-state index in [1.165, 1.54) is 0 Å². The molecule has 3 aromatic rings. The summed E-state index contributed by atoms with van der Waals surface area (Å²) in [5.74, 6) is 0.677. The Kier molecular flexibility index (Phi) is 2.01. The van der Waals surface area contributed by atoms with Crippen molar-refractivity contribution in [1.82, 2.24) is 9.38 Å². The predicted molar refractivity (Wildman–Crippen MR) is 69.5 cm³/mol. The fourth-order valence-corrected chi connectivity index (χ4v) is 1.82. The number of pyridine rings is 1. The lowest BCUT2D eigenvalue weighted by Gasteiger charge is -1.96. The van der Waals surface area contributed by atoms with Gasteiger partial charge in [-0.3, -0.25) is 4.40 Å². The van der Waals surface area contributed by atoms with Crippen molar-refractivity contribution in [2.24, 2.45) is 0 Å². The smallest absolute Gasteiger partial charge is 0.139 e. The third kappa shape index (κ3) is 1.59. The van der Waals surface area contributed by atoms with Gasteiger partial charge in [0.25, 0.3) is 0 Å². The molecule has 4 nitrogen and oxygen atoms in total. The summed E-state index contributed by atoms with van der Waals surface area (Å²) in [5.41, 5.74) is 15.0. The molecule has 0 amide bonds. The Hall–Kier alpha value is -2.49. The molecule has 0 saturated heterocycles. The number of hydrogen-bond donors (Lipinski definition) is 2. The highest BCUT2D eigenvalue weighted by atomic mass is 15.0. The molecule has 2 heterocycles. The maximum absolute atomic E-state index is 5.87. The van der Waals surface area contributed by atoms with E-state index in [9.17, 15) is 0 Å². The van der Waals surface area contributed by atoms with E-state index in [-0.39, 0.29) is 0 Å². The van der Waals surface area contributed by atoms with Crippen LogP contribution in [0.5, 0.6) is 0 Å². The molecule has 0 unspecified atom stereocenters. The van der Waals surface area contributed by atoms with Gasteiger partial charge in [0, 0.05) is 17.4 Å². The monoisotopic (exact) mass is 224 g/mol. The summed E-state index contributed by atoms with van der Waals surface area (Å²) in [5, 5.41) is 0. The van der Waals surface area contributed by atoms with Crippen LogP contribution >= 0.6 is 0 Å². The molecule has 0 radical (unpaired) electrons. The second kappa shape index (κ2) is 3.52. The number of nitrogens with two attached hydrogens (primary N) is 2. The first-order chi connectivity index (χ1) is 8.24. The Labute approximate surface area is 98.5 Å². The predicted octanol–water partition coefficient (Wildman–Crippen LogP) is 2.17. The van der Waals surface area contributed by atoms with Gasteiger partial charge in [0.05, 0.1) is 5.69 Å². The average molecular weight is 224 g/mol. The zero-order valence-corrected chi connectivity index (χ0v) is 9.17. The van der Waals surface area contributed by atoms with Crippen molar-refractivity contribution >= 4 is 17.2 Å². The lowest BCUT2D eigenvalue weighted by atomic mass is 10.1. The summed E-state index contributed by atoms with van der Waals surface area (Å²) in [4.78, 5) is 4.52. The summed E-state index contributed by atoms with van der Waals surface area (Å²) in [6, 6.07) is 13.3. The van der Waals surface area contributed by atoms with Gasteiger partial charge < -0.3 is 11.5 Å². The molecule has 1 aromatic carbocycles. The van der Waals surface area contributed by atoms with Crippen LogP contribution in [0.25, 0.3) is 16.9 Å². The van der Waals surface area contributed by atoms with E-state index in [0.717, 1.165) is 22.6 Å². The highest BCUT2D eigenvalue weighted by Gasteiger charge is 2.05. The zero-order valence-electron chi connectivity index (χ0n) is 9.17. The third-order valence-electron chi connectivity index (χ3n) is 2.73. The van der Waals surface area contributed by atoms with E-state index in [0.29, 0.717) is 5.82 Å². The standard InChI is InChI=1S/C13H12N4/c14-10-6-4-9(5-7-10)11-8-17-12(15)2-1-3-13(17)16-11/h1-8H,14-15H2. The van der Waals surface area contributed by atoms with Crippen molar-refractivity contribution in [3.05, 3.63) is 48.7 Å². The topological polar surface area (TPSA) is 69.3 Å². The largest absolute Gasteiger partial charge is 0.399 e. The third-order valence-corrected chi connectivity index (χ3v) is 2.73. The van der Waals surface area contributed by atoms with Crippen LogP contribution < -0.4 is 11.5 Å². The lowest BCUT2D eigenvalue weighted by molar-refractivity contribution is 1.20. The Bertz CT molecular complexity index is 667. The molecular formula is C13H12N4. The molecule has 0 atom stereocenters. The normalized spacial score (nSPS) is 10.8. The van der Waals surface area contributed by atoms with E-state index < -0.39 is 0 Å². The first kappa shape index (κ1) is 9.72. The van der Waals surface area contributed by atoms with Gasteiger partial charge in [-0.2, -0.15) is 0 Å². The molecule has 2 aromatic heterocycles. The minimum absolute atomic E-state index is 0.677. The fraction of sp³-hybridized carbons (Fsp3) is 0. The fourth-order valence-electron chi connectivity index (χ4n) is 1.82. The Balaban J connectivity index is 2.18. The second-order valence-corrected chi connectivity index (χ2v) is 3.93. The maximum Gasteiger partial charge on any atom is 0.139 e. The number of nitrogens with zero attached hydrogens (tertiary/aromatic N) is 2. The summed E-state index contributed by atoms with van der Waals surface area (Å²) in [7, 11) is 0. The number of nitrogen functional groups attached to an aromatic ring is 2. The molecule has 0 aliphatic carbocycles. The summed E-state index contributed by atoms with van der Waals surface area (Å²) in [6.07, 6.45) is 1.93. The molecule has 4 heteroatoms. The van der Waals surface area contributed by atoms with Gasteiger partial charge in [0.15, 0.2) is 0 Å². The quantitative estimate of drug-likeness (QED) is 0.622. The Morgan fingerprint density at radius 3 is 2.41 bits per heavy atom. The van der Waals surface area contributed by atoms with Gasteiger partial charge in [-0.05, 0) is 24.3 Å². The van der Waals surface area contributed by atoms with Crippen LogP contribution in [0.15, 0.2) is 48.7 Å². The molecule has 84 valence electrons. The maximum atomic E-state index is 5.87. The van der Waals surface area contributed by atoms with Crippen molar-refractivity contribution in [3.8, 4) is 11.3 Å². The average Bonchev–Trinajstić information content (AvgIpc) is 2.75. The van der Waals surface area contributed by atoms with E-state index >= 15 is 0 Å². The summed E-state index contributed by atoms with van der Waals surface area (Å²) < 4.78 is 1.87. The van der Waals surface area contributed by atoms with Gasteiger partial charge in [-0.1, -0.05) is 18.2 Å². The lowest BCUT2D eigenvalue weighted by Crippen LogP contribution is -1.93. The number of aromatic nitrogens is 2. The van der Waals surface area contributed by atoms with Crippen molar-refractivity contribution in [3.63, 3.8) is 0 Å². The second-order valence-electron chi connectivity index (χ2n) is 3.93. The van der Waals surface area contributed by atoms with E-state index in [2.05, 4.69) is 4.98 Å². The van der Waals surface area contributed by atoms with Gasteiger partial charge in [-0.15, -0.1) is 0 Å². The molecule has 0 aliphatic rings. The molecule has 0 spiro atoms. The molecule has 0 saturated carbocycles. The number of anilines is 2. The van der Waals surface area contributed by atoms with Crippen molar-refractivity contribution in [2.75, 3.05) is 11.5 Å². The summed E-state index contributed by atoms with van der Waals surface area (Å²) in [6.45, 7) is 0. The minimum atomic E-state index is 0.677. The molecule has 0 bridgehead atoms. The molecule has 0 aliphatic heterocycles. The Morgan fingerprint density at radius 2 is 1.71 bits per heavy atom. The molecular weight excluding hydrogens is 212 g/mol. The number of rotatable bonds is 1. The van der Waals surface area contributed by atoms with Crippen molar-refractivity contribution in [2.45, 2.75) is 0 Å². The van der Waals surface area contributed by atoms with Crippen LogP contribution in [0.1, 0.15) is 0 Å². The van der Waals surface area contributed by atoms with E-state index in [1.807, 2.05) is 53.1 Å². The van der Waals surface area contributed by atoms with Crippen LogP contribution in [0, 0.1) is 0 Å². The minimum Gasteiger partial charge on any atom is -0.399 e. The SMILES string of the molecule is Nc1ccc(-c2cn3c(N)cccc3n2)cc1. The molecule has 0 fully saturated rings. The number of fused-ring (bicyclic) bond motifs is 1. The highest BCUT2D eigenvalue weighted by Crippen LogP contribution is 2.21. The number of imidazole rings is 1. The first-order valence-electron chi connectivity index (χ1n) is 5.33. The van der Waals surface area contributed by atoms with Gasteiger partial charge in [-0.25, -0.2) is 4.98 Å². The number of benzene rings is 1. The summed E-state index contributed by atoms with van der Waals surface area (Å²) >= 11 is 0. The highest BCUT2D eigenvalue weighted by molar-refractivity contribution is 5.65. The van der Waals surface area contributed by atoms with Crippen LogP contribution in [-0.2, 0) is 0 Å². The zero-order chi connectivity index (χ0) is 11.8. The van der Waals surface area contributed by atoms with Crippen molar-refractivity contribution in [1.29, 1.82) is 0 Å². The van der Waals surface area contributed by atoms with Gasteiger partial charge >= 0.3 is 0 Å². The van der Waals surface area contributed by atoms with Crippen LogP contribution in [-0.4, -0.2) is 9.38 Å².